The number of amides is 1. The molecular weight excluding hydrogens is 490 g/mol. The van der Waals surface area contributed by atoms with E-state index >= 15 is 0 Å². The quantitative estimate of drug-likeness (QED) is 0.364. The third-order valence-corrected chi connectivity index (χ3v) is 7.32. The number of likely N-dealkylation sites (N-methyl/N-ethyl adjacent to an activating group) is 1. The Kier molecular flexibility index (Phi) is 6.95. The second-order valence-corrected chi connectivity index (χ2v) is 9.60. The van der Waals surface area contributed by atoms with Crippen molar-refractivity contribution < 1.29 is 14.3 Å². The van der Waals surface area contributed by atoms with Crippen LogP contribution in [0.4, 0.5) is 11.5 Å². The number of carbonyl (C=O) groups excluding carboxylic acids is 1. The highest BCUT2D eigenvalue weighted by Gasteiger charge is 2.20. The van der Waals surface area contributed by atoms with E-state index in [1.165, 1.54) is 0 Å². The largest absolute Gasteiger partial charge is 0.496 e. The van der Waals surface area contributed by atoms with Gasteiger partial charge in [-0.1, -0.05) is 23.7 Å². The molecule has 0 aliphatic carbocycles. The van der Waals surface area contributed by atoms with E-state index in [2.05, 4.69) is 32.4 Å². The maximum Gasteiger partial charge on any atom is 0.256 e. The molecule has 0 radical (unpaired) electrons. The SMILES string of the molecule is COc1cc(OC)c(Cl)c(-c2ccc3c(NC(=O)c4cccc(N5CCN(C)CC5)c4)n[nH]c3c2)c1C. The number of piperazine rings is 1. The highest BCUT2D eigenvalue weighted by molar-refractivity contribution is 6.35. The Bertz CT molecular complexity index is 1430. The number of ether oxygens (including phenoxy) is 2. The molecule has 0 unspecified atom stereocenters. The predicted octanol–water partition coefficient (Wildman–Crippen LogP) is 5.21. The molecule has 1 saturated heterocycles. The number of nitrogens with one attached hydrogen (secondary N) is 2. The monoisotopic (exact) mass is 519 g/mol. The molecule has 192 valence electrons. The van der Waals surface area contributed by atoms with Crippen molar-refractivity contribution in [3.05, 3.63) is 64.7 Å². The number of H-pyrrole nitrogens is 1. The molecule has 5 rings (SSSR count). The third kappa shape index (κ3) is 4.82. The van der Waals surface area contributed by atoms with Crippen LogP contribution in [0.15, 0.2) is 48.5 Å². The van der Waals surface area contributed by atoms with Gasteiger partial charge in [-0.05, 0) is 49.9 Å². The Hall–Kier alpha value is -3.75. The lowest BCUT2D eigenvalue weighted by Crippen LogP contribution is -2.44. The van der Waals surface area contributed by atoms with E-state index in [0.29, 0.717) is 27.9 Å². The van der Waals surface area contributed by atoms with E-state index < -0.39 is 0 Å². The van der Waals surface area contributed by atoms with Crippen LogP contribution in [0.25, 0.3) is 22.0 Å². The molecule has 2 heterocycles. The first kappa shape index (κ1) is 24.9. The summed E-state index contributed by atoms with van der Waals surface area (Å²) in [6, 6.07) is 15.3. The summed E-state index contributed by atoms with van der Waals surface area (Å²) in [4.78, 5) is 17.7. The molecule has 1 fully saturated rings. The Morgan fingerprint density at radius 1 is 1.03 bits per heavy atom. The molecular formula is C28H30ClN5O3. The molecule has 0 atom stereocenters. The Balaban J connectivity index is 1.41. The number of aromatic nitrogens is 2. The minimum Gasteiger partial charge on any atom is -0.496 e. The molecule has 8 nitrogen and oxygen atoms in total. The smallest absolute Gasteiger partial charge is 0.256 e. The molecule has 1 aliphatic rings. The maximum absolute atomic E-state index is 13.1. The van der Waals surface area contributed by atoms with E-state index in [1.807, 2.05) is 49.4 Å². The summed E-state index contributed by atoms with van der Waals surface area (Å²) < 4.78 is 11.0. The van der Waals surface area contributed by atoms with E-state index in [1.54, 1.807) is 20.3 Å². The van der Waals surface area contributed by atoms with Crippen molar-refractivity contribution in [2.24, 2.45) is 0 Å². The van der Waals surface area contributed by atoms with Gasteiger partial charge in [0.2, 0.25) is 0 Å². The van der Waals surface area contributed by atoms with Crippen molar-refractivity contribution in [2.45, 2.75) is 6.92 Å². The van der Waals surface area contributed by atoms with Crippen LogP contribution in [0.3, 0.4) is 0 Å². The fourth-order valence-corrected chi connectivity index (χ4v) is 5.15. The van der Waals surface area contributed by atoms with Crippen LogP contribution in [0.2, 0.25) is 5.02 Å². The first-order valence-corrected chi connectivity index (χ1v) is 12.5. The van der Waals surface area contributed by atoms with Crippen molar-refractivity contribution >= 4 is 39.9 Å². The van der Waals surface area contributed by atoms with Crippen molar-refractivity contribution in [1.82, 2.24) is 15.1 Å². The zero-order chi connectivity index (χ0) is 26.1. The number of methoxy groups -OCH3 is 2. The van der Waals surface area contributed by atoms with E-state index in [-0.39, 0.29) is 5.91 Å². The van der Waals surface area contributed by atoms with Crippen molar-refractivity contribution in [3.8, 4) is 22.6 Å². The first-order valence-electron chi connectivity index (χ1n) is 12.1. The van der Waals surface area contributed by atoms with Gasteiger partial charge in [-0.3, -0.25) is 9.89 Å². The second kappa shape index (κ2) is 10.3. The molecule has 9 heteroatoms. The number of anilines is 2. The molecule has 2 N–H and O–H groups in total. The van der Waals surface area contributed by atoms with Crippen LogP contribution in [-0.4, -0.2) is 68.5 Å². The number of hydrogen-bond acceptors (Lipinski definition) is 6. The van der Waals surface area contributed by atoms with Gasteiger partial charge in [0.25, 0.3) is 5.91 Å². The predicted molar refractivity (Wildman–Crippen MR) is 148 cm³/mol. The fourth-order valence-electron chi connectivity index (χ4n) is 4.76. The zero-order valence-electron chi connectivity index (χ0n) is 21.4. The Morgan fingerprint density at radius 3 is 2.51 bits per heavy atom. The van der Waals surface area contributed by atoms with Crippen LogP contribution >= 0.6 is 11.6 Å². The lowest BCUT2D eigenvalue weighted by Gasteiger charge is -2.34. The van der Waals surface area contributed by atoms with Crippen molar-refractivity contribution in [1.29, 1.82) is 0 Å². The minimum absolute atomic E-state index is 0.204. The minimum atomic E-state index is -0.204. The molecule has 1 amide bonds. The summed E-state index contributed by atoms with van der Waals surface area (Å²) in [6.45, 7) is 5.85. The van der Waals surface area contributed by atoms with Gasteiger partial charge in [0, 0.05) is 60.0 Å². The number of carbonyl (C=O) groups is 1. The number of hydrogen-bond donors (Lipinski definition) is 2. The van der Waals surface area contributed by atoms with Gasteiger partial charge in [-0.25, -0.2) is 0 Å². The van der Waals surface area contributed by atoms with Crippen LogP contribution in [0.5, 0.6) is 11.5 Å². The zero-order valence-corrected chi connectivity index (χ0v) is 22.1. The van der Waals surface area contributed by atoms with Gasteiger partial charge in [-0.2, -0.15) is 5.10 Å². The number of halogens is 1. The third-order valence-electron chi connectivity index (χ3n) is 6.94. The van der Waals surface area contributed by atoms with E-state index in [4.69, 9.17) is 21.1 Å². The summed E-state index contributed by atoms with van der Waals surface area (Å²) >= 11 is 6.68. The second-order valence-electron chi connectivity index (χ2n) is 9.22. The van der Waals surface area contributed by atoms with Crippen LogP contribution in [0.1, 0.15) is 15.9 Å². The molecule has 0 spiro atoms. The van der Waals surface area contributed by atoms with Gasteiger partial charge in [0.1, 0.15) is 11.5 Å². The number of fused-ring (bicyclic) bond motifs is 1. The van der Waals surface area contributed by atoms with Gasteiger partial charge in [0.15, 0.2) is 5.82 Å². The highest BCUT2D eigenvalue weighted by atomic mass is 35.5. The summed E-state index contributed by atoms with van der Waals surface area (Å²) in [5.74, 6) is 1.50. The summed E-state index contributed by atoms with van der Waals surface area (Å²) in [6.07, 6.45) is 0. The number of rotatable bonds is 6. The molecule has 3 aromatic carbocycles. The van der Waals surface area contributed by atoms with Gasteiger partial charge < -0.3 is 24.6 Å². The average Bonchev–Trinajstić information content (AvgIpc) is 3.31. The molecule has 0 bridgehead atoms. The number of aromatic amines is 1. The van der Waals surface area contributed by atoms with Crippen LogP contribution in [0, 0.1) is 6.92 Å². The number of benzene rings is 3. The molecule has 1 aliphatic heterocycles. The normalized spacial score (nSPS) is 14.1. The van der Waals surface area contributed by atoms with Gasteiger partial charge in [0.05, 0.1) is 24.8 Å². The fraction of sp³-hybridized carbons (Fsp3) is 0.286. The molecule has 0 saturated carbocycles. The van der Waals surface area contributed by atoms with E-state index in [0.717, 1.165) is 59.5 Å². The van der Waals surface area contributed by atoms with Crippen molar-refractivity contribution in [2.75, 3.05) is 57.7 Å². The Labute approximate surface area is 221 Å². The lowest BCUT2D eigenvalue weighted by atomic mass is 9.98. The lowest BCUT2D eigenvalue weighted by molar-refractivity contribution is 0.102. The van der Waals surface area contributed by atoms with E-state index in [9.17, 15) is 4.79 Å². The summed E-state index contributed by atoms with van der Waals surface area (Å²) in [5, 5.41) is 11.7. The summed E-state index contributed by atoms with van der Waals surface area (Å²) in [5.41, 5.74) is 5.03. The maximum atomic E-state index is 13.1. The van der Waals surface area contributed by atoms with Crippen LogP contribution < -0.4 is 19.7 Å². The summed E-state index contributed by atoms with van der Waals surface area (Å²) in [7, 11) is 5.32. The van der Waals surface area contributed by atoms with Crippen LogP contribution in [-0.2, 0) is 0 Å². The standard InChI is InChI=1S/C28H30ClN5O3/c1-17-23(36-3)16-24(37-4)26(29)25(17)18-8-9-21-22(15-18)31-32-27(21)30-28(35)19-6-5-7-20(14-19)34-12-10-33(2)11-13-34/h5-9,14-16H,10-13H2,1-4H3,(H2,30,31,32,35). The first-order chi connectivity index (χ1) is 17.9. The van der Waals surface area contributed by atoms with Gasteiger partial charge in [-0.15, -0.1) is 0 Å². The molecule has 1 aromatic heterocycles. The Morgan fingerprint density at radius 2 is 1.78 bits per heavy atom. The van der Waals surface area contributed by atoms with Crippen molar-refractivity contribution in [3.63, 3.8) is 0 Å². The molecule has 37 heavy (non-hydrogen) atoms. The number of nitrogens with zero attached hydrogens (tertiary/aromatic N) is 3. The average molecular weight is 520 g/mol. The topological polar surface area (TPSA) is 82.7 Å². The highest BCUT2D eigenvalue weighted by Crippen LogP contribution is 2.43. The molecule has 4 aromatic rings. The van der Waals surface area contributed by atoms with Gasteiger partial charge >= 0.3 is 0 Å².